The molecule has 3 rings (SSSR count). The third-order valence-electron chi connectivity index (χ3n) is 4.08. The Bertz CT molecular complexity index is 868. The van der Waals surface area contributed by atoms with Gasteiger partial charge in [-0.15, -0.1) is 0 Å². The average molecular weight is 325 g/mol. The zero-order chi connectivity index (χ0) is 17.1. The molecule has 1 amide bonds. The van der Waals surface area contributed by atoms with Crippen LogP contribution in [0.3, 0.4) is 0 Å². The van der Waals surface area contributed by atoms with Crippen LogP contribution in [0.1, 0.15) is 34.2 Å². The highest BCUT2D eigenvalue weighted by Crippen LogP contribution is 2.16. The van der Waals surface area contributed by atoms with E-state index in [-0.39, 0.29) is 11.7 Å². The highest BCUT2D eigenvalue weighted by atomic mass is 19.1. The van der Waals surface area contributed by atoms with E-state index in [1.807, 2.05) is 36.6 Å². The van der Waals surface area contributed by atoms with Crippen molar-refractivity contribution in [2.45, 2.75) is 26.7 Å². The summed E-state index contributed by atoms with van der Waals surface area (Å²) < 4.78 is 14.8. The number of hydrogen-bond donors (Lipinski definition) is 1. The summed E-state index contributed by atoms with van der Waals surface area (Å²) in [5, 5.41) is 2.94. The van der Waals surface area contributed by atoms with Crippen molar-refractivity contribution in [1.82, 2.24) is 14.7 Å². The first-order valence-corrected chi connectivity index (χ1v) is 8.09. The van der Waals surface area contributed by atoms with Crippen molar-refractivity contribution in [3.63, 3.8) is 0 Å². The second kappa shape index (κ2) is 6.83. The predicted molar refractivity (Wildman–Crippen MR) is 91.7 cm³/mol. The number of nitrogens with one attached hydrogen (secondary N) is 1. The minimum Gasteiger partial charge on any atom is -0.350 e. The van der Waals surface area contributed by atoms with Gasteiger partial charge in [-0.1, -0.05) is 25.1 Å². The predicted octanol–water partition coefficient (Wildman–Crippen LogP) is 3.32. The molecule has 1 aromatic carbocycles. The third-order valence-corrected chi connectivity index (χ3v) is 4.08. The molecule has 0 fully saturated rings. The molecular weight excluding hydrogens is 305 g/mol. The van der Waals surface area contributed by atoms with Gasteiger partial charge in [-0.2, -0.15) is 0 Å². The maximum atomic E-state index is 12.9. The van der Waals surface area contributed by atoms with E-state index in [4.69, 9.17) is 0 Å². The fraction of sp³-hybridized carbons (Fsp3) is 0.263. The van der Waals surface area contributed by atoms with Crippen molar-refractivity contribution >= 4 is 11.6 Å². The van der Waals surface area contributed by atoms with Gasteiger partial charge in [-0.25, -0.2) is 9.37 Å². The van der Waals surface area contributed by atoms with Crippen molar-refractivity contribution in [1.29, 1.82) is 0 Å². The molecule has 124 valence electrons. The van der Waals surface area contributed by atoms with Crippen LogP contribution in [0.25, 0.3) is 5.65 Å². The Kier molecular flexibility index (Phi) is 4.60. The minimum absolute atomic E-state index is 0.132. The lowest BCUT2D eigenvalue weighted by Crippen LogP contribution is -2.27. The van der Waals surface area contributed by atoms with Crippen LogP contribution < -0.4 is 5.32 Å². The highest BCUT2D eigenvalue weighted by Gasteiger charge is 2.18. The van der Waals surface area contributed by atoms with Crippen LogP contribution in [0.4, 0.5) is 4.39 Å². The number of aryl methyl sites for hydroxylation is 2. The molecule has 0 atom stereocenters. The molecule has 3 aromatic rings. The molecule has 5 heteroatoms. The number of carbonyl (C=O) groups is 1. The average Bonchev–Trinajstić information content (AvgIpc) is 2.97. The number of amides is 1. The number of fused-ring (bicyclic) bond motifs is 1. The maximum absolute atomic E-state index is 12.9. The first-order valence-electron chi connectivity index (χ1n) is 8.09. The van der Waals surface area contributed by atoms with Crippen LogP contribution in [-0.4, -0.2) is 21.8 Å². The van der Waals surface area contributed by atoms with E-state index in [2.05, 4.69) is 10.3 Å². The van der Waals surface area contributed by atoms with E-state index in [1.54, 1.807) is 12.1 Å². The van der Waals surface area contributed by atoms with Crippen LogP contribution in [0.15, 0.2) is 42.6 Å². The molecule has 0 aliphatic rings. The molecule has 2 aromatic heterocycles. The standard InChI is InChI=1S/C19H20FN3O/c1-3-16-17(23-12-4-5-13(2)18(23)22-16)19(24)21-11-10-14-6-8-15(20)9-7-14/h4-9,12H,3,10-11H2,1-2H3,(H,21,24). The fourth-order valence-electron chi connectivity index (χ4n) is 2.79. The Morgan fingerprint density at radius 2 is 2.00 bits per heavy atom. The van der Waals surface area contributed by atoms with Crippen LogP contribution in [-0.2, 0) is 12.8 Å². The van der Waals surface area contributed by atoms with Gasteiger partial charge in [0.25, 0.3) is 5.91 Å². The van der Waals surface area contributed by atoms with Gasteiger partial charge in [0.05, 0.1) is 5.69 Å². The Balaban J connectivity index is 1.76. The molecular formula is C19H20FN3O. The van der Waals surface area contributed by atoms with Crippen LogP contribution in [0.2, 0.25) is 0 Å². The van der Waals surface area contributed by atoms with Crippen LogP contribution in [0.5, 0.6) is 0 Å². The summed E-state index contributed by atoms with van der Waals surface area (Å²) in [6.45, 7) is 4.47. The third kappa shape index (κ3) is 3.15. The lowest BCUT2D eigenvalue weighted by Gasteiger charge is -2.07. The quantitative estimate of drug-likeness (QED) is 0.782. The van der Waals surface area contributed by atoms with Crippen molar-refractivity contribution < 1.29 is 9.18 Å². The minimum atomic E-state index is -0.253. The number of pyridine rings is 1. The summed E-state index contributed by atoms with van der Waals surface area (Å²) in [5.41, 5.74) is 4.23. The molecule has 0 aliphatic carbocycles. The van der Waals surface area contributed by atoms with Gasteiger partial charge < -0.3 is 5.32 Å². The number of aromatic nitrogens is 2. The lowest BCUT2D eigenvalue weighted by molar-refractivity contribution is 0.0947. The monoisotopic (exact) mass is 325 g/mol. The lowest BCUT2D eigenvalue weighted by atomic mass is 10.1. The van der Waals surface area contributed by atoms with Gasteiger partial charge in [0.15, 0.2) is 0 Å². The summed E-state index contributed by atoms with van der Waals surface area (Å²) in [5.74, 6) is -0.386. The number of benzene rings is 1. The Morgan fingerprint density at radius 1 is 1.25 bits per heavy atom. The fourth-order valence-corrected chi connectivity index (χ4v) is 2.79. The summed E-state index contributed by atoms with van der Waals surface area (Å²) in [6.07, 6.45) is 3.22. The zero-order valence-corrected chi connectivity index (χ0v) is 13.8. The summed E-state index contributed by atoms with van der Waals surface area (Å²) in [7, 11) is 0. The number of halogens is 1. The van der Waals surface area contributed by atoms with E-state index in [0.717, 1.165) is 22.5 Å². The van der Waals surface area contributed by atoms with Crippen molar-refractivity contribution in [3.8, 4) is 0 Å². The molecule has 0 spiro atoms. The van der Waals surface area contributed by atoms with Gasteiger partial charge >= 0.3 is 0 Å². The van der Waals surface area contributed by atoms with Gasteiger partial charge in [0, 0.05) is 12.7 Å². The van der Waals surface area contributed by atoms with E-state index < -0.39 is 0 Å². The topological polar surface area (TPSA) is 46.4 Å². The molecule has 24 heavy (non-hydrogen) atoms. The molecule has 2 heterocycles. The smallest absolute Gasteiger partial charge is 0.270 e. The Hall–Kier alpha value is -2.69. The highest BCUT2D eigenvalue weighted by molar-refractivity contribution is 5.94. The van der Waals surface area contributed by atoms with E-state index in [9.17, 15) is 9.18 Å². The summed E-state index contributed by atoms with van der Waals surface area (Å²) in [6, 6.07) is 10.2. The molecule has 0 saturated heterocycles. The molecule has 0 bridgehead atoms. The SMILES string of the molecule is CCc1nc2c(C)cccn2c1C(=O)NCCc1ccc(F)cc1. The first-order chi connectivity index (χ1) is 11.6. The number of hydrogen-bond acceptors (Lipinski definition) is 2. The normalized spacial score (nSPS) is 11.0. The summed E-state index contributed by atoms with van der Waals surface area (Å²) in [4.78, 5) is 17.2. The molecule has 4 nitrogen and oxygen atoms in total. The first kappa shape index (κ1) is 16.2. The van der Waals surface area contributed by atoms with Gasteiger partial charge in [0.2, 0.25) is 0 Å². The molecule has 0 saturated carbocycles. The van der Waals surface area contributed by atoms with Gasteiger partial charge in [0.1, 0.15) is 17.2 Å². The van der Waals surface area contributed by atoms with Crippen molar-refractivity contribution in [2.24, 2.45) is 0 Å². The Labute approximate surface area is 140 Å². The second-order valence-corrected chi connectivity index (χ2v) is 5.78. The number of carbonyl (C=O) groups excluding carboxylic acids is 1. The number of nitrogens with zero attached hydrogens (tertiary/aromatic N) is 2. The largest absolute Gasteiger partial charge is 0.350 e. The zero-order valence-electron chi connectivity index (χ0n) is 13.8. The van der Waals surface area contributed by atoms with E-state index in [0.29, 0.717) is 25.1 Å². The van der Waals surface area contributed by atoms with Gasteiger partial charge in [-0.05, 0) is 49.1 Å². The van der Waals surface area contributed by atoms with E-state index >= 15 is 0 Å². The molecule has 0 unspecified atom stereocenters. The second-order valence-electron chi connectivity index (χ2n) is 5.78. The Morgan fingerprint density at radius 3 is 2.71 bits per heavy atom. The maximum Gasteiger partial charge on any atom is 0.270 e. The van der Waals surface area contributed by atoms with Gasteiger partial charge in [-0.3, -0.25) is 9.20 Å². The van der Waals surface area contributed by atoms with Crippen LogP contribution >= 0.6 is 0 Å². The summed E-state index contributed by atoms with van der Waals surface area (Å²) >= 11 is 0. The van der Waals surface area contributed by atoms with E-state index in [1.165, 1.54) is 12.1 Å². The number of imidazole rings is 1. The van der Waals surface area contributed by atoms with Crippen molar-refractivity contribution in [3.05, 3.63) is 70.9 Å². The molecule has 0 radical (unpaired) electrons. The van der Waals surface area contributed by atoms with Crippen LogP contribution in [0, 0.1) is 12.7 Å². The molecule has 1 N–H and O–H groups in total. The molecule has 0 aliphatic heterocycles. The number of rotatable bonds is 5. The van der Waals surface area contributed by atoms with Crippen molar-refractivity contribution in [2.75, 3.05) is 6.54 Å².